The molecule has 1 aromatic rings. The molecule has 0 fully saturated rings. The number of hydrogen-bond donors (Lipinski definition) is 1. The van der Waals surface area contributed by atoms with Crippen LogP contribution in [-0.2, 0) is 5.41 Å². The molecule has 1 nitrogen and oxygen atoms in total. The number of aliphatic hydroxyl groups is 1. The van der Waals surface area contributed by atoms with Gasteiger partial charge in [-0.05, 0) is 36.0 Å². The molecule has 96 valence electrons. The Bertz CT molecular complexity index is 367. The molecule has 0 spiro atoms. The number of hydrogen-bond acceptors (Lipinski definition) is 1. The Labute approximate surface area is 110 Å². The zero-order chi connectivity index (χ0) is 13.1. The summed E-state index contributed by atoms with van der Waals surface area (Å²) in [5.74, 6) is 0.536. The van der Waals surface area contributed by atoms with Crippen molar-refractivity contribution >= 4 is 11.6 Å². The lowest BCUT2D eigenvalue weighted by Gasteiger charge is -2.24. The third-order valence-corrected chi connectivity index (χ3v) is 3.93. The predicted molar refractivity (Wildman–Crippen MR) is 74.9 cm³/mol. The van der Waals surface area contributed by atoms with Crippen molar-refractivity contribution in [2.75, 3.05) is 6.61 Å². The van der Waals surface area contributed by atoms with E-state index in [0.717, 1.165) is 23.4 Å². The van der Waals surface area contributed by atoms with Crippen LogP contribution in [0.2, 0.25) is 5.02 Å². The van der Waals surface area contributed by atoms with Crippen LogP contribution in [0.5, 0.6) is 0 Å². The maximum atomic E-state index is 9.37. The molecule has 0 amide bonds. The SMILES string of the molecule is CCC(CC)c1ccc(C(C)(C)CO)cc1Cl. The molecule has 1 rings (SSSR count). The fourth-order valence-corrected chi connectivity index (χ4v) is 2.43. The Morgan fingerprint density at radius 1 is 1.24 bits per heavy atom. The van der Waals surface area contributed by atoms with Gasteiger partial charge in [0.25, 0.3) is 0 Å². The Balaban J connectivity index is 3.09. The minimum Gasteiger partial charge on any atom is -0.395 e. The minimum atomic E-state index is -0.226. The number of benzene rings is 1. The summed E-state index contributed by atoms with van der Waals surface area (Å²) < 4.78 is 0. The van der Waals surface area contributed by atoms with E-state index < -0.39 is 0 Å². The first-order valence-corrected chi connectivity index (χ1v) is 6.74. The molecule has 17 heavy (non-hydrogen) atoms. The van der Waals surface area contributed by atoms with Gasteiger partial charge in [-0.15, -0.1) is 0 Å². The van der Waals surface area contributed by atoms with Gasteiger partial charge >= 0.3 is 0 Å². The van der Waals surface area contributed by atoms with Crippen LogP contribution >= 0.6 is 11.6 Å². The minimum absolute atomic E-state index is 0.133. The highest BCUT2D eigenvalue weighted by Gasteiger charge is 2.21. The lowest BCUT2D eigenvalue weighted by molar-refractivity contribution is 0.218. The van der Waals surface area contributed by atoms with Gasteiger partial charge in [-0.1, -0.05) is 51.4 Å². The van der Waals surface area contributed by atoms with Gasteiger partial charge in [-0.25, -0.2) is 0 Å². The normalized spacial score (nSPS) is 12.2. The van der Waals surface area contributed by atoms with Gasteiger partial charge < -0.3 is 5.11 Å². The van der Waals surface area contributed by atoms with Gasteiger partial charge in [0.1, 0.15) is 0 Å². The molecular weight excluding hydrogens is 232 g/mol. The van der Waals surface area contributed by atoms with Crippen LogP contribution in [0.15, 0.2) is 18.2 Å². The second kappa shape index (κ2) is 5.88. The largest absolute Gasteiger partial charge is 0.395 e. The number of rotatable bonds is 5. The fourth-order valence-electron chi connectivity index (χ4n) is 2.10. The van der Waals surface area contributed by atoms with Crippen LogP contribution in [0.25, 0.3) is 0 Å². The molecule has 0 aliphatic heterocycles. The first-order chi connectivity index (χ1) is 7.96. The van der Waals surface area contributed by atoms with E-state index in [1.54, 1.807) is 0 Å². The Kier molecular flexibility index (Phi) is 5.03. The molecule has 0 bridgehead atoms. The smallest absolute Gasteiger partial charge is 0.0522 e. The van der Waals surface area contributed by atoms with Crippen LogP contribution in [0.1, 0.15) is 57.6 Å². The molecule has 0 atom stereocenters. The molecule has 0 heterocycles. The van der Waals surface area contributed by atoms with Gasteiger partial charge in [0, 0.05) is 10.4 Å². The van der Waals surface area contributed by atoms with Crippen molar-refractivity contribution < 1.29 is 5.11 Å². The van der Waals surface area contributed by atoms with E-state index in [4.69, 9.17) is 11.6 Å². The fraction of sp³-hybridized carbons (Fsp3) is 0.600. The third-order valence-electron chi connectivity index (χ3n) is 3.60. The van der Waals surface area contributed by atoms with Gasteiger partial charge in [-0.3, -0.25) is 0 Å². The molecule has 1 aromatic carbocycles. The second-order valence-electron chi connectivity index (χ2n) is 5.29. The van der Waals surface area contributed by atoms with Crippen LogP contribution in [-0.4, -0.2) is 11.7 Å². The zero-order valence-corrected chi connectivity index (χ0v) is 12.0. The highest BCUT2D eigenvalue weighted by atomic mass is 35.5. The second-order valence-corrected chi connectivity index (χ2v) is 5.70. The standard InChI is InChI=1S/C15H23ClO/c1-5-11(6-2)13-8-7-12(9-14(13)16)15(3,4)10-17/h7-9,11,17H,5-6,10H2,1-4H3. The van der Waals surface area contributed by atoms with Crippen LogP contribution in [0.3, 0.4) is 0 Å². The van der Waals surface area contributed by atoms with E-state index in [1.807, 2.05) is 19.9 Å². The lowest BCUT2D eigenvalue weighted by atomic mass is 9.83. The van der Waals surface area contributed by atoms with Crippen LogP contribution < -0.4 is 0 Å². The van der Waals surface area contributed by atoms with Crippen molar-refractivity contribution in [3.63, 3.8) is 0 Å². The Hall–Kier alpha value is -0.530. The first-order valence-electron chi connectivity index (χ1n) is 6.37. The van der Waals surface area contributed by atoms with Gasteiger partial charge in [0.05, 0.1) is 6.61 Å². The summed E-state index contributed by atoms with van der Waals surface area (Å²) in [7, 11) is 0. The molecule has 0 unspecified atom stereocenters. The van der Waals surface area contributed by atoms with Crippen molar-refractivity contribution in [1.82, 2.24) is 0 Å². The average molecular weight is 255 g/mol. The third kappa shape index (κ3) is 3.23. The maximum Gasteiger partial charge on any atom is 0.0522 e. The monoisotopic (exact) mass is 254 g/mol. The quantitative estimate of drug-likeness (QED) is 0.820. The van der Waals surface area contributed by atoms with E-state index in [0.29, 0.717) is 5.92 Å². The van der Waals surface area contributed by atoms with Gasteiger partial charge in [0.15, 0.2) is 0 Å². The summed E-state index contributed by atoms with van der Waals surface area (Å²) in [6, 6.07) is 6.22. The van der Waals surface area contributed by atoms with Crippen LogP contribution in [0.4, 0.5) is 0 Å². The molecular formula is C15H23ClO. The molecule has 0 aliphatic rings. The van der Waals surface area contributed by atoms with E-state index in [-0.39, 0.29) is 12.0 Å². The molecule has 0 radical (unpaired) electrons. The zero-order valence-electron chi connectivity index (χ0n) is 11.3. The molecule has 0 saturated carbocycles. The van der Waals surface area contributed by atoms with Crippen molar-refractivity contribution in [2.45, 2.75) is 51.9 Å². The summed E-state index contributed by atoms with van der Waals surface area (Å²) in [5, 5.41) is 10.2. The molecule has 0 saturated heterocycles. The summed E-state index contributed by atoms with van der Waals surface area (Å²) in [6.45, 7) is 8.56. The van der Waals surface area contributed by atoms with Gasteiger partial charge in [0.2, 0.25) is 0 Å². The van der Waals surface area contributed by atoms with E-state index in [1.165, 1.54) is 5.56 Å². The summed E-state index contributed by atoms with van der Waals surface area (Å²) in [4.78, 5) is 0. The first kappa shape index (κ1) is 14.5. The summed E-state index contributed by atoms with van der Waals surface area (Å²) >= 11 is 6.36. The summed E-state index contributed by atoms with van der Waals surface area (Å²) in [6.07, 6.45) is 2.22. The Morgan fingerprint density at radius 2 is 1.82 bits per heavy atom. The predicted octanol–water partition coefficient (Wildman–Crippen LogP) is 4.51. The van der Waals surface area contributed by atoms with Crippen molar-refractivity contribution in [3.8, 4) is 0 Å². The molecule has 1 N–H and O–H groups in total. The topological polar surface area (TPSA) is 20.2 Å². The van der Waals surface area contributed by atoms with Gasteiger partial charge in [-0.2, -0.15) is 0 Å². The average Bonchev–Trinajstić information content (AvgIpc) is 2.32. The lowest BCUT2D eigenvalue weighted by Crippen LogP contribution is -2.22. The molecule has 0 aliphatic carbocycles. The summed E-state index contributed by atoms with van der Waals surface area (Å²) in [5.41, 5.74) is 2.10. The van der Waals surface area contributed by atoms with Crippen molar-refractivity contribution in [2.24, 2.45) is 0 Å². The maximum absolute atomic E-state index is 9.37. The molecule has 2 heteroatoms. The van der Waals surface area contributed by atoms with E-state index in [9.17, 15) is 5.11 Å². The Morgan fingerprint density at radius 3 is 2.24 bits per heavy atom. The van der Waals surface area contributed by atoms with E-state index >= 15 is 0 Å². The molecule has 0 aromatic heterocycles. The van der Waals surface area contributed by atoms with Crippen molar-refractivity contribution in [3.05, 3.63) is 34.3 Å². The number of halogens is 1. The highest BCUT2D eigenvalue weighted by molar-refractivity contribution is 6.31. The van der Waals surface area contributed by atoms with Crippen molar-refractivity contribution in [1.29, 1.82) is 0 Å². The highest BCUT2D eigenvalue weighted by Crippen LogP contribution is 2.33. The van der Waals surface area contributed by atoms with Crippen LogP contribution in [0, 0.1) is 0 Å². The van der Waals surface area contributed by atoms with E-state index in [2.05, 4.69) is 26.0 Å². The number of aliphatic hydroxyl groups excluding tert-OH is 1.